The van der Waals surface area contributed by atoms with Gasteiger partial charge < -0.3 is 4.90 Å². The Morgan fingerprint density at radius 3 is 2.65 bits per heavy atom. The number of hydrogen-bond acceptors (Lipinski definition) is 1. The second-order valence-corrected chi connectivity index (χ2v) is 6.29. The molecule has 0 radical (unpaired) electrons. The maximum Gasteiger partial charge on any atom is 0.223 e. The van der Waals surface area contributed by atoms with Gasteiger partial charge in [0.15, 0.2) is 0 Å². The minimum atomic E-state index is 0.152. The van der Waals surface area contributed by atoms with Crippen molar-refractivity contribution in [1.82, 2.24) is 4.90 Å². The van der Waals surface area contributed by atoms with Crippen molar-refractivity contribution in [3.8, 4) is 12.3 Å². The monoisotopic (exact) mass is 233 g/mol. The molecule has 2 nitrogen and oxygen atoms in total. The largest absolute Gasteiger partial charge is 0.341 e. The summed E-state index contributed by atoms with van der Waals surface area (Å²) in [6, 6.07) is 0. The van der Waals surface area contributed by atoms with Crippen molar-refractivity contribution in [3.63, 3.8) is 0 Å². The summed E-state index contributed by atoms with van der Waals surface area (Å²) in [6.07, 6.45) is 11.1. The van der Waals surface area contributed by atoms with Crippen LogP contribution in [-0.4, -0.2) is 23.9 Å². The molecule has 2 aliphatic rings. The van der Waals surface area contributed by atoms with Gasteiger partial charge in [0.1, 0.15) is 0 Å². The fourth-order valence-corrected chi connectivity index (χ4v) is 3.41. The molecule has 1 unspecified atom stereocenters. The van der Waals surface area contributed by atoms with E-state index in [9.17, 15) is 4.79 Å². The maximum atomic E-state index is 11.9. The number of amides is 1. The van der Waals surface area contributed by atoms with Gasteiger partial charge in [-0.25, -0.2) is 0 Å². The molecule has 1 aliphatic heterocycles. The van der Waals surface area contributed by atoms with Crippen LogP contribution in [0.4, 0.5) is 0 Å². The summed E-state index contributed by atoms with van der Waals surface area (Å²) >= 11 is 0. The second kappa shape index (κ2) is 4.72. The predicted octanol–water partition coefficient (Wildman–Crippen LogP) is 2.68. The number of likely N-dealkylation sites (tertiary alicyclic amines) is 1. The first kappa shape index (κ1) is 12.5. The zero-order valence-corrected chi connectivity index (χ0v) is 11.0. The molecule has 1 saturated carbocycles. The molecule has 1 atom stereocenters. The Balaban J connectivity index is 1.96. The van der Waals surface area contributed by atoms with Crippen LogP contribution in [0.15, 0.2) is 0 Å². The van der Waals surface area contributed by atoms with E-state index in [-0.39, 0.29) is 11.8 Å². The molecule has 1 aliphatic carbocycles. The van der Waals surface area contributed by atoms with Gasteiger partial charge in [-0.2, -0.15) is 0 Å². The van der Waals surface area contributed by atoms with Gasteiger partial charge in [-0.1, -0.05) is 20.3 Å². The number of hydrogen-bond donors (Lipinski definition) is 0. The topological polar surface area (TPSA) is 20.3 Å². The molecule has 2 rings (SSSR count). The Morgan fingerprint density at radius 1 is 1.53 bits per heavy atom. The van der Waals surface area contributed by atoms with E-state index < -0.39 is 0 Å². The minimum Gasteiger partial charge on any atom is -0.341 e. The molecule has 0 spiro atoms. The van der Waals surface area contributed by atoms with Crippen molar-refractivity contribution in [1.29, 1.82) is 0 Å². The molecule has 1 amide bonds. The smallest absolute Gasteiger partial charge is 0.223 e. The lowest BCUT2D eigenvalue weighted by molar-refractivity contribution is -0.130. The Kier molecular flexibility index (Phi) is 3.47. The lowest BCUT2D eigenvalue weighted by atomic mass is 9.64. The predicted molar refractivity (Wildman–Crippen MR) is 69.3 cm³/mol. The van der Waals surface area contributed by atoms with E-state index in [0.717, 1.165) is 19.0 Å². The molecule has 2 heteroatoms. The molecule has 1 saturated heterocycles. The summed E-state index contributed by atoms with van der Waals surface area (Å²) in [5.41, 5.74) is 0.410. The highest BCUT2D eigenvalue weighted by Crippen LogP contribution is 2.47. The zero-order chi connectivity index (χ0) is 12.5. The molecular formula is C15H23NO. The van der Waals surface area contributed by atoms with Crippen LogP contribution in [0, 0.1) is 29.6 Å². The van der Waals surface area contributed by atoms with Crippen molar-refractivity contribution in [2.75, 3.05) is 13.1 Å². The van der Waals surface area contributed by atoms with Crippen LogP contribution < -0.4 is 0 Å². The second-order valence-electron chi connectivity index (χ2n) is 6.29. The number of nitrogens with zero attached hydrogens (tertiary/aromatic N) is 1. The van der Waals surface area contributed by atoms with Crippen LogP contribution in [0.2, 0.25) is 0 Å². The third-order valence-corrected chi connectivity index (χ3v) is 4.23. The highest BCUT2D eigenvalue weighted by molar-refractivity contribution is 5.79. The lowest BCUT2D eigenvalue weighted by Gasteiger charge is -2.45. The third kappa shape index (κ3) is 2.65. The molecule has 2 fully saturated rings. The molecule has 0 bridgehead atoms. The maximum absolute atomic E-state index is 11.9. The Hall–Kier alpha value is -0.970. The fourth-order valence-electron chi connectivity index (χ4n) is 3.41. The Labute approximate surface area is 105 Å². The molecule has 0 aromatic carbocycles. The third-order valence-electron chi connectivity index (χ3n) is 4.23. The van der Waals surface area contributed by atoms with Gasteiger partial charge in [0, 0.05) is 25.4 Å². The van der Waals surface area contributed by atoms with Crippen LogP contribution in [-0.2, 0) is 4.79 Å². The Bertz CT molecular complexity index is 335. The van der Waals surface area contributed by atoms with E-state index in [1.807, 2.05) is 4.90 Å². The first-order valence-corrected chi connectivity index (χ1v) is 6.78. The van der Waals surface area contributed by atoms with E-state index in [0.29, 0.717) is 11.8 Å². The summed E-state index contributed by atoms with van der Waals surface area (Å²) in [5, 5.41) is 0. The highest BCUT2D eigenvalue weighted by Gasteiger charge is 2.41. The van der Waals surface area contributed by atoms with Gasteiger partial charge in [-0.05, 0) is 30.6 Å². The standard InChI is InChI=1S/C15H23NO/c1-4-13-8-14(17)16(10-13)11-15(6-5-7-15)9-12(2)3/h1,12-13H,5-11H2,2-3H3. The van der Waals surface area contributed by atoms with Gasteiger partial charge in [0.2, 0.25) is 5.91 Å². The quantitative estimate of drug-likeness (QED) is 0.684. The molecular weight excluding hydrogens is 210 g/mol. The van der Waals surface area contributed by atoms with Crippen molar-refractivity contribution in [3.05, 3.63) is 0 Å². The fraction of sp³-hybridized carbons (Fsp3) is 0.800. The number of rotatable bonds is 4. The first-order valence-electron chi connectivity index (χ1n) is 6.78. The molecule has 0 N–H and O–H groups in total. The minimum absolute atomic E-state index is 0.152. The summed E-state index contributed by atoms with van der Waals surface area (Å²) in [7, 11) is 0. The van der Waals surface area contributed by atoms with E-state index in [1.54, 1.807) is 0 Å². The number of carbonyl (C=O) groups is 1. The summed E-state index contributed by atoms with van der Waals surface area (Å²) in [6.45, 7) is 6.28. The SMILES string of the molecule is C#CC1CC(=O)N(CC2(CC(C)C)CCC2)C1. The normalized spacial score (nSPS) is 27.1. The highest BCUT2D eigenvalue weighted by atomic mass is 16.2. The van der Waals surface area contributed by atoms with Crippen LogP contribution >= 0.6 is 0 Å². The van der Waals surface area contributed by atoms with Crippen molar-refractivity contribution in [2.24, 2.45) is 17.3 Å². The molecule has 1 heterocycles. The van der Waals surface area contributed by atoms with Crippen LogP contribution in [0.25, 0.3) is 0 Å². The van der Waals surface area contributed by atoms with Gasteiger partial charge >= 0.3 is 0 Å². The van der Waals surface area contributed by atoms with Gasteiger partial charge in [0.05, 0.1) is 0 Å². The Morgan fingerprint density at radius 2 is 2.24 bits per heavy atom. The summed E-state index contributed by atoms with van der Waals surface area (Å²) in [4.78, 5) is 13.9. The van der Waals surface area contributed by atoms with Gasteiger partial charge in [0.25, 0.3) is 0 Å². The van der Waals surface area contributed by atoms with E-state index in [4.69, 9.17) is 6.42 Å². The average Bonchev–Trinajstić information content (AvgIpc) is 2.55. The molecule has 94 valence electrons. The van der Waals surface area contributed by atoms with E-state index in [1.165, 1.54) is 25.7 Å². The molecule has 0 aromatic rings. The van der Waals surface area contributed by atoms with Crippen molar-refractivity contribution >= 4 is 5.91 Å². The number of terminal acetylenes is 1. The summed E-state index contributed by atoms with van der Waals surface area (Å²) < 4.78 is 0. The lowest BCUT2D eigenvalue weighted by Crippen LogP contribution is -2.43. The van der Waals surface area contributed by atoms with Crippen LogP contribution in [0.3, 0.4) is 0 Å². The van der Waals surface area contributed by atoms with Crippen molar-refractivity contribution in [2.45, 2.75) is 46.0 Å². The van der Waals surface area contributed by atoms with Crippen LogP contribution in [0.5, 0.6) is 0 Å². The van der Waals surface area contributed by atoms with Gasteiger partial charge in [-0.15, -0.1) is 12.3 Å². The van der Waals surface area contributed by atoms with E-state index >= 15 is 0 Å². The average molecular weight is 233 g/mol. The first-order chi connectivity index (χ1) is 8.04. The molecule has 17 heavy (non-hydrogen) atoms. The molecule has 0 aromatic heterocycles. The van der Waals surface area contributed by atoms with E-state index in [2.05, 4.69) is 19.8 Å². The zero-order valence-electron chi connectivity index (χ0n) is 11.0. The van der Waals surface area contributed by atoms with Crippen LogP contribution in [0.1, 0.15) is 46.0 Å². The van der Waals surface area contributed by atoms with Gasteiger partial charge in [-0.3, -0.25) is 4.79 Å². The number of carbonyl (C=O) groups excluding carboxylic acids is 1. The van der Waals surface area contributed by atoms with Crippen molar-refractivity contribution < 1.29 is 4.79 Å². The summed E-state index contributed by atoms with van der Waals surface area (Å²) in [5.74, 6) is 3.86.